The topological polar surface area (TPSA) is 78.5 Å². The summed E-state index contributed by atoms with van der Waals surface area (Å²) in [6, 6.07) is 5.21. The van der Waals surface area contributed by atoms with Crippen LogP contribution in [0.25, 0.3) is 0 Å². The number of rotatable bonds is 4. The van der Waals surface area contributed by atoms with Crippen molar-refractivity contribution < 1.29 is 13.2 Å². The first-order chi connectivity index (χ1) is 11.5. The fourth-order valence-corrected chi connectivity index (χ4v) is 4.66. The molecule has 1 amide bonds. The van der Waals surface area contributed by atoms with Gasteiger partial charge in [-0.3, -0.25) is 9.10 Å². The van der Waals surface area contributed by atoms with E-state index in [1.807, 2.05) is 6.92 Å². The van der Waals surface area contributed by atoms with E-state index >= 15 is 0 Å². The smallest absolute Gasteiger partial charge is 0.251 e. The van der Waals surface area contributed by atoms with Gasteiger partial charge in [0.25, 0.3) is 5.91 Å². The van der Waals surface area contributed by atoms with E-state index in [0.717, 1.165) is 25.1 Å². The number of carbonyl (C=O) groups is 1. The van der Waals surface area contributed by atoms with E-state index in [2.05, 4.69) is 16.7 Å². The van der Waals surface area contributed by atoms with Crippen molar-refractivity contribution in [1.29, 1.82) is 0 Å². The van der Waals surface area contributed by atoms with E-state index in [-0.39, 0.29) is 24.1 Å². The molecule has 8 heteroatoms. The quantitative estimate of drug-likeness (QED) is 0.772. The van der Waals surface area contributed by atoms with Crippen LogP contribution >= 0.6 is 12.4 Å². The molecule has 0 aliphatic carbocycles. The fourth-order valence-electron chi connectivity index (χ4n) is 3.11. The van der Waals surface area contributed by atoms with Crippen LogP contribution in [0.4, 0.5) is 5.69 Å². The number of benzene rings is 1. The highest BCUT2D eigenvalue weighted by Gasteiger charge is 2.28. The van der Waals surface area contributed by atoms with Gasteiger partial charge < -0.3 is 10.6 Å². The lowest BCUT2D eigenvalue weighted by atomic mass is 10.1. The van der Waals surface area contributed by atoms with Gasteiger partial charge in [0.1, 0.15) is 0 Å². The summed E-state index contributed by atoms with van der Waals surface area (Å²) in [7, 11) is -3.20. The van der Waals surface area contributed by atoms with E-state index < -0.39 is 10.0 Å². The summed E-state index contributed by atoms with van der Waals surface area (Å²) in [6.45, 7) is 4.70. The highest BCUT2D eigenvalue weighted by Crippen LogP contribution is 2.26. The van der Waals surface area contributed by atoms with Crippen molar-refractivity contribution in [3.05, 3.63) is 41.0 Å². The first-order valence-electron chi connectivity index (χ1n) is 8.25. The predicted octanol–water partition coefficient (Wildman–Crippen LogP) is 1.61. The first-order valence-corrected chi connectivity index (χ1v) is 9.86. The summed E-state index contributed by atoms with van der Waals surface area (Å²) in [5, 5.41) is 6.19. The highest BCUT2D eigenvalue weighted by atomic mass is 35.5. The lowest BCUT2D eigenvalue weighted by molar-refractivity contribution is 0.0956. The van der Waals surface area contributed by atoms with Gasteiger partial charge in [-0.15, -0.1) is 12.4 Å². The molecule has 2 aliphatic rings. The summed E-state index contributed by atoms with van der Waals surface area (Å²) in [5.41, 5.74) is 3.25. The zero-order valence-corrected chi connectivity index (χ0v) is 15.9. The molecule has 0 aromatic heterocycles. The van der Waals surface area contributed by atoms with E-state index in [4.69, 9.17) is 0 Å². The van der Waals surface area contributed by atoms with Crippen molar-refractivity contribution in [1.82, 2.24) is 10.6 Å². The minimum atomic E-state index is -3.20. The molecule has 1 aromatic rings. The zero-order valence-electron chi connectivity index (χ0n) is 14.2. The summed E-state index contributed by atoms with van der Waals surface area (Å²) < 4.78 is 25.4. The number of carbonyl (C=O) groups excluding carboxylic acids is 1. The van der Waals surface area contributed by atoms with Crippen molar-refractivity contribution in [3.63, 3.8) is 0 Å². The maximum Gasteiger partial charge on any atom is 0.251 e. The Kier molecular flexibility index (Phi) is 6.48. The number of nitrogens with one attached hydrogen (secondary N) is 2. The molecule has 138 valence electrons. The van der Waals surface area contributed by atoms with Gasteiger partial charge in [-0.1, -0.05) is 11.6 Å². The van der Waals surface area contributed by atoms with E-state index in [1.165, 1.54) is 9.88 Å². The maximum absolute atomic E-state index is 12.4. The normalized spacial score (nSPS) is 19.1. The van der Waals surface area contributed by atoms with Gasteiger partial charge in [0.15, 0.2) is 0 Å². The molecule has 2 aliphatic heterocycles. The highest BCUT2D eigenvalue weighted by molar-refractivity contribution is 7.93. The Labute approximate surface area is 155 Å². The number of aryl methyl sites for hydroxylation is 1. The van der Waals surface area contributed by atoms with E-state index in [1.54, 1.807) is 18.2 Å². The SMILES string of the molecule is Cc1cc(N2CCCS2(=O)=O)ccc1C(=O)NCC1=CCNCC1.Cl. The lowest BCUT2D eigenvalue weighted by Crippen LogP contribution is -2.30. The number of anilines is 1. The second kappa shape index (κ2) is 8.21. The molecule has 25 heavy (non-hydrogen) atoms. The molecule has 1 fully saturated rings. The molecule has 0 spiro atoms. The van der Waals surface area contributed by atoms with Gasteiger partial charge in [0, 0.05) is 25.2 Å². The molecule has 0 bridgehead atoms. The Morgan fingerprint density at radius 1 is 1.36 bits per heavy atom. The third-order valence-electron chi connectivity index (χ3n) is 4.48. The van der Waals surface area contributed by atoms with Crippen molar-refractivity contribution in [2.75, 3.05) is 36.2 Å². The second-order valence-electron chi connectivity index (χ2n) is 6.24. The molecule has 2 heterocycles. The average molecular weight is 386 g/mol. The molecule has 0 atom stereocenters. The Hall–Kier alpha value is -1.57. The Morgan fingerprint density at radius 2 is 2.16 bits per heavy atom. The molecular formula is C17H24ClN3O3S. The van der Waals surface area contributed by atoms with Crippen LogP contribution in [0.5, 0.6) is 0 Å². The molecule has 1 saturated heterocycles. The molecule has 0 radical (unpaired) electrons. The molecule has 2 N–H and O–H groups in total. The molecule has 0 saturated carbocycles. The summed E-state index contributed by atoms with van der Waals surface area (Å²) >= 11 is 0. The van der Waals surface area contributed by atoms with Crippen molar-refractivity contribution in [2.24, 2.45) is 0 Å². The van der Waals surface area contributed by atoms with Crippen LogP contribution in [-0.4, -0.2) is 46.3 Å². The third-order valence-corrected chi connectivity index (χ3v) is 6.35. The van der Waals surface area contributed by atoms with Crippen LogP contribution in [0.2, 0.25) is 0 Å². The second-order valence-corrected chi connectivity index (χ2v) is 8.25. The van der Waals surface area contributed by atoms with Crippen molar-refractivity contribution >= 4 is 34.0 Å². The number of sulfonamides is 1. The number of hydrogen-bond donors (Lipinski definition) is 2. The van der Waals surface area contributed by atoms with Crippen molar-refractivity contribution in [2.45, 2.75) is 19.8 Å². The van der Waals surface area contributed by atoms with Crippen LogP contribution in [-0.2, 0) is 10.0 Å². The summed E-state index contributed by atoms with van der Waals surface area (Å²) in [5.74, 6) is 0.0703. The van der Waals surface area contributed by atoms with E-state index in [9.17, 15) is 13.2 Å². The van der Waals surface area contributed by atoms with Gasteiger partial charge in [0.05, 0.1) is 11.4 Å². The minimum absolute atomic E-state index is 0. The number of hydrogen-bond acceptors (Lipinski definition) is 4. The van der Waals surface area contributed by atoms with Gasteiger partial charge >= 0.3 is 0 Å². The van der Waals surface area contributed by atoms with Gasteiger partial charge in [-0.2, -0.15) is 0 Å². The third kappa shape index (κ3) is 4.54. The molecule has 0 unspecified atom stereocenters. The largest absolute Gasteiger partial charge is 0.348 e. The summed E-state index contributed by atoms with van der Waals surface area (Å²) in [6.07, 6.45) is 3.70. The number of amides is 1. The maximum atomic E-state index is 12.4. The Balaban J connectivity index is 0.00000225. The Morgan fingerprint density at radius 3 is 2.76 bits per heavy atom. The minimum Gasteiger partial charge on any atom is -0.348 e. The zero-order chi connectivity index (χ0) is 17.2. The molecular weight excluding hydrogens is 362 g/mol. The lowest BCUT2D eigenvalue weighted by Gasteiger charge is -2.19. The number of halogens is 1. The Bertz CT molecular complexity index is 777. The first kappa shape index (κ1) is 19.8. The van der Waals surface area contributed by atoms with Crippen LogP contribution in [0.3, 0.4) is 0 Å². The van der Waals surface area contributed by atoms with Crippen LogP contribution in [0, 0.1) is 6.92 Å². The van der Waals surface area contributed by atoms with Crippen molar-refractivity contribution in [3.8, 4) is 0 Å². The molecule has 1 aromatic carbocycles. The fraction of sp³-hybridized carbons (Fsp3) is 0.471. The average Bonchev–Trinajstić information content (AvgIpc) is 2.92. The summed E-state index contributed by atoms with van der Waals surface area (Å²) in [4.78, 5) is 12.4. The van der Waals surface area contributed by atoms with Crippen LogP contribution < -0.4 is 14.9 Å². The molecule has 6 nitrogen and oxygen atoms in total. The standard InChI is InChI=1S/C17H23N3O3S.ClH/c1-13-11-15(20-9-2-10-24(20,22)23)3-4-16(13)17(21)19-12-14-5-7-18-8-6-14;/h3-5,11,18H,2,6-10,12H2,1H3,(H,19,21);1H. The number of nitrogens with zero attached hydrogens (tertiary/aromatic N) is 1. The predicted molar refractivity (Wildman–Crippen MR) is 102 cm³/mol. The monoisotopic (exact) mass is 385 g/mol. The van der Waals surface area contributed by atoms with Gasteiger partial charge in [-0.25, -0.2) is 8.42 Å². The van der Waals surface area contributed by atoms with Gasteiger partial charge in [0.2, 0.25) is 10.0 Å². The van der Waals surface area contributed by atoms with E-state index in [0.29, 0.717) is 30.8 Å². The molecule has 3 rings (SSSR count). The van der Waals surface area contributed by atoms with Crippen LogP contribution in [0.1, 0.15) is 28.8 Å². The van der Waals surface area contributed by atoms with Gasteiger partial charge in [-0.05, 0) is 50.1 Å². The van der Waals surface area contributed by atoms with Crippen LogP contribution in [0.15, 0.2) is 29.8 Å².